The lowest BCUT2D eigenvalue weighted by Crippen LogP contribution is -2.30. The van der Waals surface area contributed by atoms with Gasteiger partial charge >= 0.3 is 0 Å². The maximum absolute atomic E-state index is 5.90. The summed E-state index contributed by atoms with van der Waals surface area (Å²) in [6.07, 6.45) is 2.05. The number of hydrogen-bond acceptors (Lipinski definition) is 5. The number of piperidine rings is 1. The molecule has 0 unspecified atom stereocenters. The highest BCUT2D eigenvalue weighted by Gasteiger charge is 2.11. The van der Waals surface area contributed by atoms with E-state index in [1.54, 1.807) is 11.3 Å². The maximum atomic E-state index is 5.90. The molecule has 0 radical (unpaired) electrons. The summed E-state index contributed by atoms with van der Waals surface area (Å²) in [5, 5.41) is 8.07. The van der Waals surface area contributed by atoms with Gasteiger partial charge in [-0.15, -0.1) is 11.3 Å². The summed E-state index contributed by atoms with van der Waals surface area (Å²) in [6, 6.07) is 7.71. The normalized spacial score (nSPS) is 16.0. The molecule has 0 saturated carbocycles. The molecular formula is C15H17ClN4S. The first kappa shape index (κ1) is 14.5. The lowest BCUT2D eigenvalue weighted by molar-refractivity contribution is 0.336. The van der Waals surface area contributed by atoms with Crippen molar-refractivity contribution in [3.8, 4) is 11.3 Å². The van der Waals surface area contributed by atoms with Gasteiger partial charge in [-0.05, 0) is 19.2 Å². The largest absolute Gasteiger partial charge is 0.306 e. The summed E-state index contributed by atoms with van der Waals surface area (Å²) in [7, 11) is 2.14. The van der Waals surface area contributed by atoms with Gasteiger partial charge in [-0.3, -0.25) is 5.43 Å². The van der Waals surface area contributed by atoms with Gasteiger partial charge in [0.1, 0.15) is 0 Å². The Balaban J connectivity index is 1.65. The van der Waals surface area contributed by atoms with Crippen molar-refractivity contribution in [3.63, 3.8) is 0 Å². The highest BCUT2D eigenvalue weighted by molar-refractivity contribution is 7.14. The van der Waals surface area contributed by atoms with Crippen LogP contribution in [0.5, 0.6) is 0 Å². The molecule has 110 valence electrons. The number of anilines is 1. The zero-order chi connectivity index (χ0) is 14.7. The summed E-state index contributed by atoms with van der Waals surface area (Å²) in [5.41, 5.74) is 6.31. The molecule has 2 heterocycles. The Morgan fingerprint density at radius 2 is 1.95 bits per heavy atom. The fourth-order valence-corrected chi connectivity index (χ4v) is 2.98. The highest BCUT2D eigenvalue weighted by Crippen LogP contribution is 2.26. The molecule has 4 nitrogen and oxygen atoms in total. The molecule has 1 aliphatic rings. The predicted octanol–water partition coefficient (Wildman–Crippen LogP) is 3.96. The molecule has 0 atom stereocenters. The Kier molecular flexibility index (Phi) is 4.53. The second-order valence-electron chi connectivity index (χ2n) is 5.14. The van der Waals surface area contributed by atoms with Crippen molar-refractivity contribution < 1.29 is 0 Å². The van der Waals surface area contributed by atoms with Crippen molar-refractivity contribution in [1.82, 2.24) is 9.88 Å². The lowest BCUT2D eigenvalue weighted by Gasteiger charge is -2.22. The third kappa shape index (κ3) is 3.81. The summed E-state index contributed by atoms with van der Waals surface area (Å²) in [4.78, 5) is 6.88. The van der Waals surface area contributed by atoms with Gasteiger partial charge in [0, 0.05) is 47.6 Å². The Hall–Kier alpha value is -1.43. The van der Waals surface area contributed by atoms with Crippen LogP contribution in [0, 0.1) is 0 Å². The van der Waals surface area contributed by atoms with Gasteiger partial charge in [0.2, 0.25) is 5.13 Å². The van der Waals surface area contributed by atoms with Gasteiger partial charge in [0.15, 0.2) is 0 Å². The number of rotatable bonds is 3. The molecule has 1 aromatic heterocycles. The van der Waals surface area contributed by atoms with Gasteiger partial charge in [0.25, 0.3) is 0 Å². The molecule has 0 bridgehead atoms. The number of hydrazone groups is 1. The van der Waals surface area contributed by atoms with Crippen LogP contribution in [-0.4, -0.2) is 35.7 Å². The van der Waals surface area contributed by atoms with Crippen molar-refractivity contribution in [1.29, 1.82) is 0 Å². The van der Waals surface area contributed by atoms with Gasteiger partial charge in [0.05, 0.1) is 5.69 Å². The van der Waals surface area contributed by atoms with Gasteiger partial charge in [-0.1, -0.05) is 23.7 Å². The summed E-state index contributed by atoms with van der Waals surface area (Å²) < 4.78 is 0. The van der Waals surface area contributed by atoms with Crippen LogP contribution in [-0.2, 0) is 0 Å². The van der Waals surface area contributed by atoms with E-state index in [0.29, 0.717) is 0 Å². The van der Waals surface area contributed by atoms with Crippen molar-refractivity contribution in [2.45, 2.75) is 12.8 Å². The number of halogens is 1. The molecule has 2 aromatic rings. The zero-order valence-corrected chi connectivity index (χ0v) is 13.4. The van der Waals surface area contributed by atoms with E-state index in [1.807, 2.05) is 29.6 Å². The minimum Gasteiger partial charge on any atom is -0.306 e. The first-order chi connectivity index (χ1) is 10.2. The smallest absolute Gasteiger partial charge is 0.203 e. The fourth-order valence-electron chi connectivity index (χ4n) is 2.19. The second kappa shape index (κ2) is 6.56. The summed E-state index contributed by atoms with van der Waals surface area (Å²) >= 11 is 7.46. The van der Waals surface area contributed by atoms with Crippen molar-refractivity contribution >= 4 is 33.8 Å². The van der Waals surface area contributed by atoms with Crippen LogP contribution in [0.3, 0.4) is 0 Å². The van der Waals surface area contributed by atoms with Crippen LogP contribution in [0.4, 0.5) is 5.13 Å². The molecule has 1 saturated heterocycles. The number of likely N-dealkylation sites (tertiary alicyclic amines) is 1. The van der Waals surface area contributed by atoms with E-state index in [9.17, 15) is 0 Å². The molecule has 0 spiro atoms. The van der Waals surface area contributed by atoms with Crippen LogP contribution in [0.15, 0.2) is 34.7 Å². The number of hydrogen-bond donors (Lipinski definition) is 1. The fraction of sp³-hybridized carbons (Fsp3) is 0.333. The number of benzene rings is 1. The van der Waals surface area contributed by atoms with E-state index in [1.165, 1.54) is 5.71 Å². The van der Waals surface area contributed by atoms with Crippen LogP contribution in [0.1, 0.15) is 12.8 Å². The Morgan fingerprint density at radius 3 is 2.67 bits per heavy atom. The van der Waals surface area contributed by atoms with E-state index in [4.69, 9.17) is 11.6 Å². The standard InChI is InChI=1S/C15H17ClN4S/c1-20-8-6-13(7-9-20)18-19-15-17-14(10-21-15)11-2-4-12(16)5-3-11/h2-5,10H,6-9H2,1H3,(H,17,19). The molecule has 1 N–H and O–H groups in total. The number of thiazole rings is 1. The molecule has 0 amide bonds. The van der Waals surface area contributed by atoms with E-state index < -0.39 is 0 Å². The van der Waals surface area contributed by atoms with Crippen molar-refractivity contribution in [3.05, 3.63) is 34.7 Å². The van der Waals surface area contributed by atoms with Crippen LogP contribution >= 0.6 is 22.9 Å². The maximum Gasteiger partial charge on any atom is 0.203 e. The topological polar surface area (TPSA) is 40.5 Å². The quantitative estimate of drug-likeness (QED) is 0.870. The van der Waals surface area contributed by atoms with Crippen LogP contribution in [0.2, 0.25) is 5.02 Å². The third-order valence-corrected chi connectivity index (χ3v) is 4.52. The van der Waals surface area contributed by atoms with Crippen molar-refractivity contribution in [2.75, 3.05) is 25.6 Å². The molecule has 1 aromatic carbocycles. The highest BCUT2D eigenvalue weighted by atomic mass is 35.5. The number of nitrogens with one attached hydrogen (secondary N) is 1. The van der Waals surface area contributed by atoms with Crippen LogP contribution in [0.25, 0.3) is 11.3 Å². The third-order valence-electron chi connectivity index (χ3n) is 3.52. The lowest BCUT2D eigenvalue weighted by atomic mass is 10.1. The molecule has 6 heteroatoms. The second-order valence-corrected chi connectivity index (χ2v) is 6.43. The molecular weight excluding hydrogens is 304 g/mol. The van der Waals surface area contributed by atoms with Crippen LogP contribution < -0.4 is 5.43 Å². The summed E-state index contributed by atoms with van der Waals surface area (Å²) in [6.45, 7) is 2.16. The zero-order valence-electron chi connectivity index (χ0n) is 11.8. The predicted molar refractivity (Wildman–Crippen MR) is 90.3 cm³/mol. The first-order valence-electron chi connectivity index (χ1n) is 6.92. The van der Waals surface area contributed by atoms with E-state index in [2.05, 4.69) is 27.5 Å². The Labute approximate surface area is 133 Å². The Morgan fingerprint density at radius 1 is 1.24 bits per heavy atom. The van der Waals surface area contributed by atoms with Gasteiger partial charge < -0.3 is 4.90 Å². The van der Waals surface area contributed by atoms with E-state index >= 15 is 0 Å². The Bertz CT molecular complexity index is 625. The van der Waals surface area contributed by atoms with Gasteiger partial charge in [-0.2, -0.15) is 5.10 Å². The van der Waals surface area contributed by atoms with Crippen molar-refractivity contribution in [2.24, 2.45) is 5.10 Å². The molecule has 21 heavy (non-hydrogen) atoms. The molecule has 1 fully saturated rings. The average Bonchev–Trinajstić information content (AvgIpc) is 2.96. The monoisotopic (exact) mass is 320 g/mol. The molecule has 3 rings (SSSR count). The minimum atomic E-state index is 0.737. The SMILES string of the molecule is CN1CCC(=NNc2nc(-c3ccc(Cl)cc3)cs2)CC1. The average molecular weight is 321 g/mol. The molecule has 1 aliphatic heterocycles. The summed E-state index contributed by atoms with van der Waals surface area (Å²) in [5.74, 6) is 0. The minimum absolute atomic E-state index is 0.737. The number of aromatic nitrogens is 1. The van der Waals surface area contributed by atoms with E-state index in [-0.39, 0.29) is 0 Å². The molecule has 0 aliphatic carbocycles. The van der Waals surface area contributed by atoms with Gasteiger partial charge in [-0.25, -0.2) is 4.98 Å². The van der Waals surface area contributed by atoms with E-state index in [0.717, 1.165) is 47.3 Å². The first-order valence-corrected chi connectivity index (χ1v) is 8.18. The number of nitrogens with zero attached hydrogens (tertiary/aromatic N) is 3.